The van der Waals surface area contributed by atoms with Crippen molar-refractivity contribution in [3.05, 3.63) is 98.0 Å². The smallest absolute Gasteiger partial charge is 0.343 e. The van der Waals surface area contributed by atoms with Gasteiger partial charge in [-0.05, 0) is 54.6 Å². The summed E-state index contributed by atoms with van der Waals surface area (Å²) in [5, 5.41) is 18.1. The lowest BCUT2D eigenvalue weighted by Crippen LogP contribution is -2.27. The third-order valence-electron chi connectivity index (χ3n) is 4.95. The zero-order valence-electron chi connectivity index (χ0n) is 20.2. The molecule has 2 N–H and O–H groups in total. The fraction of sp³-hybridized carbons (Fsp3) is 0.154. The summed E-state index contributed by atoms with van der Waals surface area (Å²) < 4.78 is 6.09. The van der Waals surface area contributed by atoms with Crippen LogP contribution in [0.15, 0.2) is 76.3 Å². The van der Waals surface area contributed by atoms with E-state index in [0.29, 0.717) is 5.69 Å². The van der Waals surface area contributed by atoms with Crippen LogP contribution in [0.5, 0.6) is 5.75 Å². The van der Waals surface area contributed by atoms with Crippen LogP contribution in [0, 0.1) is 15.5 Å². The lowest BCUT2D eigenvalue weighted by molar-refractivity contribution is -0.385. The number of para-hydroxylation sites is 1. The Morgan fingerprint density at radius 1 is 0.973 bits per heavy atom. The number of rotatable bonds is 7. The van der Waals surface area contributed by atoms with Crippen LogP contribution in [0.1, 0.15) is 47.1 Å². The second-order valence-electron chi connectivity index (χ2n) is 8.83. The minimum atomic E-state index is -0.792. The molecule has 0 radical (unpaired) electrons. The van der Waals surface area contributed by atoms with Gasteiger partial charge in [0.1, 0.15) is 0 Å². The lowest BCUT2D eigenvalue weighted by Gasteiger charge is -2.17. The normalized spacial score (nSPS) is 11.1. The van der Waals surface area contributed by atoms with Crippen LogP contribution in [0.25, 0.3) is 0 Å². The van der Waals surface area contributed by atoms with Crippen molar-refractivity contribution in [3.8, 4) is 5.75 Å². The fourth-order valence-electron chi connectivity index (χ4n) is 2.88. The van der Waals surface area contributed by atoms with Crippen LogP contribution in [0.4, 0.5) is 11.4 Å². The number of nitro groups is 1. The van der Waals surface area contributed by atoms with Crippen molar-refractivity contribution in [1.82, 2.24) is 5.43 Å². The molecule has 0 aliphatic rings. The van der Waals surface area contributed by atoms with Crippen molar-refractivity contribution in [3.63, 3.8) is 0 Å². The van der Waals surface area contributed by atoms with Crippen LogP contribution >= 0.6 is 15.9 Å². The largest absolute Gasteiger partial charge is 0.415 e. The second-order valence-corrected chi connectivity index (χ2v) is 9.75. The van der Waals surface area contributed by atoms with Crippen LogP contribution in [-0.4, -0.2) is 28.9 Å². The van der Waals surface area contributed by atoms with Gasteiger partial charge < -0.3 is 10.1 Å². The van der Waals surface area contributed by atoms with E-state index in [1.807, 2.05) is 0 Å². The number of carbonyl (C=O) groups excluding carboxylic acids is 3. The molecule has 0 saturated heterocycles. The molecule has 2 amide bonds. The second kappa shape index (κ2) is 11.6. The Bertz CT molecular complexity index is 1360. The number of anilines is 1. The number of hydrazone groups is 1. The van der Waals surface area contributed by atoms with Crippen LogP contribution in [0.3, 0.4) is 0 Å². The molecule has 0 fully saturated rings. The van der Waals surface area contributed by atoms with Gasteiger partial charge in [-0.2, -0.15) is 5.10 Å². The van der Waals surface area contributed by atoms with Gasteiger partial charge in [0.2, 0.25) is 11.7 Å². The van der Waals surface area contributed by atoms with Crippen molar-refractivity contribution in [2.24, 2.45) is 10.5 Å². The number of esters is 1. The first-order chi connectivity index (χ1) is 17.5. The summed E-state index contributed by atoms with van der Waals surface area (Å²) in [6.45, 7) is 5.37. The highest BCUT2D eigenvalue weighted by atomic mass is 79.9. The van der Waals surface area contributed by atoms with Crippen molar-refractivity contribution in [1.29, 1.82) is 0 Å². The minimum absolute atomic E-state index is 0.111. The van der Waals surface area contributed by atoms with E-state index in [-0.39, 0.29) is 28.3 Å². The zero-order chi connectivity index (χ0) is 27.2. The van der Waals surface area contributed by atoms with E-state index in [1.54, 1.807) is 45.0 Å². The van der Waals surface area contributed by atoms with Gasteiger partial charge in [0.15, 0.2) is 0 Å². The standard InChI is InChI=1S/C26H23BrN4O6/c1-26(2,3)25(34)29-20-13-9-16(10-14-20)23(32)30-28-15-18-5-4-6-21(31(35)36)22(18)37-24(33)17-7-11-19(27)12-8-17/h4-15H,1-3H3,(H,29,34)(H,30,32)/b28-15+. The number of hydrogen-bond acceptors (Lipinski definition) is 7. The number of halogens is 1. The van der Waals surface area contributed by atoms with Gasteiger partial charge in [0, 0.05) is 32.8 Å². The first-order valence-corrected chi connectivity index (χ1v) is 11.7. The quantitative estimate of drug-likeness (QED) is 0.130. The van der Waals surface area contributed by atoms with Crippen molar-refractivity contribution in [2.75, 3.05) is 5.32 Å². The minimum Gasteiger partial charge on any atom is -0.415 e. The summed E-state index contributed by atoms with van der Waals surface area (Å²) in [6, 6.07) is 16.6. The average molecular weight is 567 g/mol. The molecule has 10 nitrogen and oxygen atoms in total. The molecule has 3 rings (SSSR count). The molecule has 3 aromatic rings. The molecular weight excluding hydrogens is 544 g/mol. The van der Waals surface area contributed by atoms with Gasteiger partial charge in [-0.1, -0.05) is 42.8 Å². The van der Waals surface area contributed by atoms with Crippen LogP contribution < -0.4 is 15.5 Å². The lowest BCUT2D eigenvalue weighted by atomic mass is 9.95. The first-order valence-electron chi connectivity index (χ1n) is 11.0. The number of benzene rings is 3. The van der Waals surface area contributed by atoms with Gasteiger partial charge in [-0.25, -0.2) is 10.2 Å². The molecule has 0 unspecified atom stereocenters. The Hall–Kier alpha value is -4.38. The molecule has 0 saturated carbocycles. The Kier molecular flexibility index (Phi) is 8.51. The van der Waals surface area contributed by atoms with E-state index in [2.05, 4.69) is 31.8 Å². The number of nitro benzene ring substituents is 1. The van der Waals surface area contributed by atoms with Crippen molar-refractivity contribution >= 4 is 51.3 Å². The van der Waals surface area contributed by atoms with Crippen molar-refractivity contribution < 1.29 is 24.0 Å². The highest BCUT2D eigenvalue weighted by Crippen LogP contribution is 2.31. The predicted octanol–water partition coefficient (Wildman–Crippen LogP) is 5.33. The molecule has 0 aliphatic heterocycles. The molecule has 0 aromatic heterocycles. The van der Waals surface area contributed by atoms with E-state index in [9.17, 15) is 24.5 Å². The SMILES string of the molecule is CC(C)(C)C(=O)Nc1ccc(C(=O)N/N=C/c2cccc([N+](=O)[O-])c2OC(=O)c2ccc(Br)cc2)cc1. The third kappa shape index (κ3) is 7.31. The summed E-state index contributed by atoms with van der Waals surface area (Å²) in [7, 11) is 0. The Labute approximate surface area is 221 Å². The molecule has 0 spiro atoms. The number of ether oxygens (including phenoxy) is 1. The van der Waals surface area contributed by atoms with E-state index in [1.165, 1.54) is 42.5 Å². The number of nitrogens with zero attached hydrogens (tertiary/aromatic N) is 2. The van der Waals surface area contributed by atoms with Crippen molar-refractivity contribution in [2.45, 2.75) is 20.8 Å². The molecule has 3 aromatic carbocycles. The maximum absolute atomic E-state index is 12.6. The number of nitrogens with one attached hydrogen (secondary N) is 2. The molecule has 0 heterocycles. The maximum Gasteiger partial charge on any atom is 0.343 e. The maximum atomic E-state index is 12.6. The molecule has 190 valence electrons. The summed E-state index contributed by atoms with van der Waals surface area (Å²) >= 11 is 3.27. The fourth-order valence-corrected chi connectivity index (χ4v) is 3.15. The third-order valence-corrected chi connectivity index (χ3v) is 5.48. The molecule has 0 atom stereocenters. The molecule has 37 heavy (non-hydrogen) atoms. The summed E-state index contributed by atoms with van der Waals surface area (Å²) in [4.78, 5) is 48.0. The molecule has 0 bridgehead atoms. The van der Waals surface area contributed by atoms with Gasteiger partial charge in [-0.3, -0.25) is 19.7 Å². The van der Waals surface area contributed by atoms with Gasteiger partial charge in [0.05, 0.1) is 16.7 Å². The highest BCUT2D eigenvalue weighted by Gasteiger charge is 2.23. The zero-order valence-corrected chi connectivity index (χ0v) is 21.7. The molecular formula is C26H23BrN4O6. The van der Waals surface area contributed by atoms with E-state index in [0.717, 1.165) is 10.7 Å². The van der Waals surface area contributed by atoms with Gasteiger partial charge >= 0.3 is 11.7 Å². The Balaban J connectivity index is 1.74. The van der Waals surface area contributed by atoms with E-state index < -0.39 is 27.9 Å². The number of carbonyl (C=O) groups is 3. The summed E-state index contributed by atoms with van der Waals surface area (Å²) in [5.74, 6) is -1.82. The van der Waals surface area contributed by atoms with Gasteiger partial charge in [-0.15, -0.1) is 0 Å². The first kappa shape index (κ1) is 27.2. The topological polar surface area (TPSA) is 140 Å². The summed E-state index contributed by atoms with van der Waals surface area (Å²) in [6.07, 6.45) is 1.15. The highest BCUT2D eigenvalue weighted by molar-refractivity contribution is 9.10. The Morgan fingerprint density at radius 3 is 2.19 bits per heavy atom. The average Bonchev–Trinajstić information content (AvgIpc) is 2.84. The van der Waals surface area contributed by atoms with Gasteiger partial charge in [0.25, 0.3) is 5.91 Å². The molecule has 0 aliphatic carbocycles. The number of hydrogen-bond donors (Lipinski definition) is 2. The predicted molar refractivity (Wildman–Crippen MR) is 142 cm³/mol. The van der Waals surface area contributed by atoms with E-state index in [4.69, 9.17) is 4.74 Å². The van der Waals surface area contributed by atoms with Crippen LogP contribution in [-0.2, 0) is 4.79 Å². The van der Waals surface area contributed by atoms with Crippen LogP contribution in [0.2, 0.25) is 0 Å². The Morgan fingerprint density at radius 2 is 1.59 bits per heavy atom. The summed E-state index contributed by atoms with van der Waals surface area (Å²) in [5.41, 5.74) is 2.44. The molecule has 11 heteroatoms. The number of amides is 2. The monoisotopic (exact) mass is 566 g/mol. The van der Waals surface area contributed by atoms with E-state index >= 15 is 0 Å².